The monoisotopic (exact) mass is 353 g/mol. The van der Waals surface area contributed by atoms with E-state index in [0.29, 0.717) is 5.69 Å². The van der Waals surface area contributed by atoms with E-state index in [4.69, 9.17) is 0 Å². The fourth-order valence-electron chi connectivity index (χ4n) is 2.76. The van der Waals surface area contributed by atoms with Crippen molar-refractivity contribution in [2.45, 2.75) is 34.1 Å². The molecule has 0 aliphatic rings. The van der Waals surface area contributed by atoms with Crippen molar-refractivity contribution in [2.24, 2.45) is 0 Å². The number of benzene rings is 2. The first-order valence-electron chi connectivity index (χ1n) is 8.95. The molecular weight excluding hydrogens is 326 g/mol. The summed E-state index contributed by atoms with van der Waals surface area (Å²) >= 11 is 0. The van der Waals surface area contributed by atoms with Gasteiger partial charge in [-0.25, -0.2) is 0 Å². The highest BCUT2D eigenvalue weighted by atomic mass is 16.2. The first kappa shape index (κ1) is 19.5. The fourth-order valence-corrected chi connectivity index (χ4v) is 2.76. The minimum Gasteiger partial charge on any atom is -0.372 e. The van der Waals surface area contributed by atoms with Crippen LogP contribution in [0.1, 0.15) is 31.4 Å². The lowest BCUT2D eigenvalue weighted by Crippen LogP contribution is -2.23. The van der Waals surface area contributed by atoms with Gasteiger partial charge < -0.3 is 15.5 Å². The molecule has 0 aromatic heterocycles. The van der Waals surface area contributed by atoms with E-state index in [2.05, 4.69) is 35.4 Å². The maximum atomic E-state index is 12.2. The number of nitrogens with one attached hydrogen (secondary N) is 2. The van der Waals surface area contributed by atoms with Gasteiger partial charge in [0.1, 0.15) is 6.42 Å². The second-order valence-electron chi connectivity index (χ2n) is 6.31. The van der Waals surface area contributed by atoms with Gasteiger partial charge in [-0.1, -0.05) is 17.7 Å². The van der Waals surface area contributed by atoms with E-state index < -0.39 is 0 Å². The Hall–Kier alpha value is -2.82. The number of carbonyl (C=O) groups is 2. The predicted octanol–water partition coefficient (Wildman–Crippen LogP) is 4.12. The molecule has 0 heterocycles. The van der Waals surface area contributed by atoms with E-state index in [-0.39, 0.29) is 18.2 Å². The van der Waals surface area contributed by atoms with Crippen molar-refractivity contribution in [1.82, 2.24) is 0 Å². The molecule has 2 aromatic carbocycles. The van der Waals surface area contributed by atoms with Gasteiger partial charge in [0.05, 0.1) is 0 Å². The van der Waals surface area contributed by atoms with Crippen LogP contribution in [0.25, 0.3) is 0 Å². The first-order chi connectivity index (χ1) is 12.4. The highest BCUT2D eigenvalue weighted by molar-refractivity contribution is 6.08. The summed E-state index contributed by atoms with van der Waals surface area (Å²) in [5.74, 6) is -0.655. The summed E-state index contributed by atoms with van der Waals surface area (Å²) in [5.41, 5.74) is 4.64. The Morgan fingerprint density at radius 2 is 1.50 bits per heavy atom. The van der Waals surface area contributed by atoms with Crippen LogP contribution < -0.4 is 15.5 Å². The Kier molecular flexibility index (Phi) is 6.78. The van der Waals surface area contributed by atoms with E-state index in [1.165, 1.54) is 0 Å². The lowest BCUT2D eigenvalue weighted by molar-refractivity contribution is -0.123. The molecule has 5 nitrogen and oxygen atoms in total. The number of rotatable bonds is 7. The van der Waals surface area contributed by atoms with Gasteiger partial charge in [-0.05, 0) is 63.6 Å². The summed E-state index contributed by atoms with van der Waals surface area (Å²) in [6.45, 7) is 10.0. The van der Waals surface area contributed by atoms with Gasteiger partial charge in [0, 0.05) is 30.2 Å². The Morgan fingerprint density at radius 3 is 2.08 bits per heavy atom. The minimum absolute atomic E-state index is 0.217. The van der Waals surface area contributed by atoms with Crippen molar-refractivity contribution in [3.63, 3.8) is 0 Å². The summed E-state index contributed by atoms with van der Waals surface area (Å²) in [6, 6.07) is 13.4. The zero-order valence-corrected chi connectivity index (χ0v) is 15.9. The third-order valence-corrected chi connectivity index (χ3v) is 4.27. The molecule has 138 valence electrons. The van der Waals surface area contributed by atoms with Gasteiger partial charge in [-0.15, -0.1) is 0 Å². The van der Waals surface area contributed by atoms with Gasteiger partial charge in [0.15, 0.2) is 0 Å². The van der Waals surface area contributed by atoms with Gasteiger partial charge >= 0.3 is 0 Å². The van der Waals surface area contributed by atoms with Crippen LogP contribution in [0.3, 0.4) is 0 Å². The molecular formula is C21H27N3O2. The number of carbonyl (C=O) groups excluding carboxylic acids is 2. The quantitative estimate of drug-likeness (QED) is 0.736. The van der Waals surface area contributed by atoms with Crippen molar-refractivity contribution < 1.29 is 9.59 Å². The van der Waals surface area contributed by atoms with Gasteiger partial charge in [0.25, 0.3) is 0 Å². The first-order valence-corrected chi connectivity index (χ1v) is 8.95. The number of nitrogens with zero attached hydrogens (tertiary/aromatic N) is 1. The Balaban J connectivity index is 1.94. The van der Waals surface area contributed by atoms with Crippen molar-refractivity contribution >= 4 is 28.9 Å². The summed E-state index contributed by atoms with van der Waals surface area (Å²) < 4.78 is 0. The molecule has 0 aliphatic carbocycles. The molecule has 0 fully saturated rings. The Bertz CT molecular complexity index is 765. The Morgan fingerprint density at radius 1 is 0.885 bits per heavy atom. The van der Waals surface area contributed by atoms with Gasteiger partial charge in [-0.2, -0.15) is 0 Å². The highest BCUT2D eigenvalue weighted by Gasteiger charge is 2.12. The molecule has 0 spiro atoms. The summed E-state index contributed by atoms with van der Waals surface area (Å²) in [5, 5.41) is 5.55. The normalized spacial score (nSPS) is 10.3. The van der Waals surface area contributed by atoms with Crippen LogP contribution in [0.4, 0.5) is 17.1 Å². The second kappa shape index (κ2) is 9.04. The SMILES string of the molecule is CCN(CC)c1ccc(NC(=O)CC(=O)Nc2ccc(C)cc2)c(C)c1. The highest BCUT2D eigenvalue weighted by Crippen LogP contribution is 2.22. The third-order valence-electron chi connectivity index (χ3n) is 4.27. The third kappa shape index (κ3) is 5.34. The molecule has 26 heavy (non-hydrogen) atoms. The fraction of sp³-hybridized carbons (Fsp3) is 0.333. The van der Waals surface area contributed by atoms with E-state index in [1.54, 1.807) is 0 Å². The maximum Gasteiger partial charge on any atom is 0.233 e. The standard InChI is InChI=1S/C21H27N3O2/c1-5-24(6-2)18-11-12-19(16(4)13-18)23-21(26)14-20(25)22-17-9-7-15(3)8-10-17/h7-13H,5-6,14H2,1-4H3,(H,22,25)(H,23,26). The van der Waals surface area contributed by atoms with Crippen LogP contribution in [0, 0.1) is 13.8 Å². The van der Waals surface area contributed by atoms with Crippen LogP contribution in [-0.2, 0) is 9.59 Å². The average Bonchev–Trinajstić information content (AvgIpc) is 2.60. The lowest BCUT2D eigenvalue weighted by Gasteiger charge is -2.22. The van der Waals surface area contributed by atoms with E-state index in [9.17, 15) is 9.59 Å². The second-order valence-corrected chi connectivity index (χ2v) is 6.31. The topological polar surface area (TPSA) is 61.4 Å². The Labute approximate surface area is 155 Å². The molecule has 0 saturated heterocycles. The molecule has 0 atom stereocenters. The van der Waals surface area contributed by atoms with Crippen molar-refractivity contribution in [2.75, 3.05) is 28.6 Å². The number of anilines is 3. The molecule has 0 bridgehead atoms. The van der Waals surface area contributed by atoms with Crippen molar-refractivity contribution in [1.29, 1.82) is 0 Å². The van der Waals surface area contributed by atoms with Gasteiger partial charge in [0.2, 0.25) is 11.8 Å². The van der Waals surface area contributed by atoms with Crippen molar-refractivity contribution in [3.8, 4) is 0 Å². The smallest absolute Gasteiger partial charge is 0.233 e. The maximum absolute atomic E-state index is 12.2. The molecule has 2 N–H and O–H groups in total. The molecule has 0 saturated carbocycles. The summed E-state index contributed by atoms with van der Waals surface area (Å²) in [4.78, 5) is 26.4. The minimum atomic E-state index is -0.330. The zero-order valence-electron chi connectivity index (χ0n) is 15.9. The van der Waals surface area contributed by atoms with Crippen LogP contribution in [0.15, 0.2) is 42.5 Å². The molecule has 2 rings (SSSR count). The number of hydrogen-bond donors (Lipinski definition) is 2. The van der Waals surface area contributed by atoms with Gasteiger partial charge in [-0.3, -0.25) is 9.59 Å². The number of aryl methyl sites for hydroxylation is 2. The number of amides is 2. The number of hydrogen-bond acceptors (Lipinski definition) is 3. The summed E-state index contributed by atoms with van der Waals surface area (Å²) in [6.07, 6.45) is -0.217. The zero-order chi connectivity index (χ0) is 19.1. The van der Waals surface area contributed by atoms with Crippen molar-refractivity contribution in [3.05, 3.63) is 53.6 Å². The molecule has 2 amide bonds. The van der Waals surface area contributed by atoms with E-state index in [0.717, 1.165) is 35.6 Å². The van der Waals surface area contributed by atoms with E-state index in [1.807, 2.05) is 50.2 Å². The van der Waals surface area contributed by atoms with Crippen LogP contribution in [-0.4, -0.2) is 24.9 Å². The molecule has 2 aromatic rings. The molecule has 0 unspecified atom stereocenters. The molecule has 0 aliphatic heterocycles. The summed E-state index contributed by atoms with van der Waals surface area (Å²) in [7, 11) is 0. The van der Waals surface area contributed by atoms with E-state index >= 15 is 0 Å². The van der Waals surface area contributed by atoms with Crippen LogP contribution in [0.2, 0.25) is 0 Å². The average molecular weight is 353 g/mol. The van der Waals surface area contributed by atoms with Crippen LogP contribution >= 0.6 is 0 Å². The largest absolute Gasteiger partial charge is 0.372 e. The molecule has 5 heteroatoms. The van der Waals surface area contributed by atoms with Crippen LogP contribution in [0.5, 0.6) is 0 Å². The predicted molar refractivity (Wildman–Crippen MR) is 108 cm³/mol. The lowest BCUT2D eigenvalue weighted by atomic mass is 10.1. The molecule has 0 radical (unpaired) electrons.